The van der Waals surface area contributed by atoms with Crippen LogP contribution in [0.5, 0.6) is 11.5 Å². The minimum atomic E-state index is -0.138. The molecule has 1 aromatic carbocycles. The second-order valence-electron chi connectivity index (χ2n) is 4.31. The molecule has 1 aliphatic heterocycles. The Morgan fingerprint density at radius 2 is 2.19 bits per heavy atom. The van der Waals surface area contributed by atoms with Crippen LogP contribution in [-0.2, 0) is 0 Å². The standard InChI is InChI=1S/C14H11BrN2O3.BrH/c15-10-7-9(1-2-12(10)18)14(19)17-5-6-20-13-8-16-4-3-11(13)17;/h1-4,7-8,18H,5-6H2;1H. The van der Waals surface area contributed by atoms with Gasteiger partial charge in [-0.15, -0.1) is 17.0 Å². The van der Waals surface area contributed by atoms with Gasteiger partial charge in [-0.25, -0.2) is 0 Å². The summed E-state index contributed by atoms with van der Waals surface area (Å²) in [6, 6.07) is 6.44. The predicted molar refractivity (Wildman–Crippen MR) is 87.5 cm³/mol. The summed E-state index contributed by atoms with van der Waals surface area (Å²) in [5.74, 6) is 0.569. The van der Waals surface area contributed by atoms with Gasteiger partial charge in [0, 0.05) is 11.8 Å². The van der Waals surface area contributed by atoms with Gasteiger partial charge in [-0.05, 0) is 40.2 Å². The molecule has 5 nitrogen and oxygen atoms in total. The Labute approximate surface area is 140 Å². The molecule has 0 bridgehead atoms. The molecular formula is C14H12Br2N2O3. The number of aromatic hydroxyl groups is 1. The number of hydrogen-bond donors (Lipinski definition) is 1. The van der Waals surface area contributed by atoms with E-state index >= 15 is 0 Å². The number of phenols is 1. The van der Waals surface area contributed by atoms with Crippen molar-refractivity contribution in [3.63, 3.8) is 0 Å². The summed E-state index contributed by atoms with van der Waals surface area (Å²) in [6.07, 6.45) is 3.22. The average molecular weight is 416 g/mol. The maximum atomic E-state index is 12.6. The third-order valence-electron chi connectivity index (χ3n) is 3.07. The lowest BCUT2D eigenvalue weighted by Crippen LogP contribution is -2.38. The molecule has 0 aliphatic carbocycles. The third-order valence-corrected chi connectivity index (χ3v) is 3.70. The highest BCUT2D eigenvalue weighted by atomic mass is 79.9. The van der Waals surface area contributed by atoms with Gasteiger partial charge < -0.3 is 14.7 Å². The van der Waals surface area contributed by atoms with E-state index in [1.54, 1.807) is 35.5 Å². The maximum absolute atomic E-state index is 12.6. The number of benzene rings is 1. The number of carbonyl (C=O) groups is 1. The molecule has 2 aromatic rings. The first-order valence-corrected chi connectivity index (χ1v) is 6.83. The van der Waals surface area contributed by atoms with Crippen LogP contribution in [0.2, 0.25) is 0 Å². The molecule has 0 radical (unpaired) electrons. The number of pyridine rings is 1. The van der Waals surface area contributed by atoms with Crippen LogP contribution in [0.25, 0.3) is 0 Å². The van der Waals surface area contributed by atoms with Crippen LogP contribution < -0.4 is 9.64 Å². The number of amides is 1. The Bertz CT molecular complexity index is 679. The zero-order valence-electron chi connectivity index (χ0n) is 10.8. The van der Waals surface area contributed by atoms with Crippen molar-refractivity contribution in [1.82, 2.24) is 4.98 Å². The minimum Gasteiger partial charge on any atom is -0.507 e. The third kappa shape index (κ3) is 3.03. The van der Waals surface area contributed by atoms with Crippen molar-refractivity contribution in [2.24, 2.45) is 0 Å². The van der Waals surface area contributed by atoms with E-state index in [1.807, 2.05) is 0 Å². The molecule has 110 valence electrons. The van der Waals surface area contributed by atoms with Gasteiger partial charge in [-0.1, -0.05) is 0 Å². The maximum Gasteiger partial charge on any atom is 0.258 e. The summed E-state index contributed by atoms with van der Waals surface area (Å²) in [5, 5.41) is 9.49. The molecule has 3 rings (SSSR count). The summed E-state index contributed by atoms with van der Waals surface area (Å²) < 4.78 is 5.97. The zero-order valence-corrected chi connectivity index (χ0v) is 14.1. The van der Waals surface area contributed by atoms with Crippen molar-refractivity contribution in [2.75, 3.05) is 18.1 Å². The Hall–Kier alpha value is -1.60. The fourth-order valence-corrected chi connectivity index (χ4v) is 2.46. The molecule has 0 spiro atoms. The molecule has 1 aliphatic rings. The summed E-state index contributed by atoms with van der Waals surface area (Å²) in [6.45, 7) is 0.915. The molecular weight excluding hydrogens is 404 g/mol. The van der Waals surface area contributed by atoms with Gasteiger partial charge in [0.15, 0.2) is 5.75 Å². The number of carbonyl (C=O) groups excluding carboxylic acids is 1. The van der Waals surface area contributed by atoms with Crippen molar-refractivity contribution in [1.29, 1.82) is 0 Å². The summed E-state index contributed by atoms with van der Waals surface area (Å²) in [7, 11) is 0. The number of rotatable bonds is 1. The van der Waals surface area contributed by atoms with Gasteiger partial charge in [0.2, 0.25) is 0 Å². The number of fused-ring (bicyclic) bond motifs is 1. The van der Waals surface area contributed by atoms with E-state index < -0.39 is 0 Å². The van der Waals surface area contributed by atoms with Crippen LogP contribution in [0.3, 0.4) is 0 Å². The Balaban J connectivity index is 0.00000161. The van der Waals surface area contributed by atoms with Crippen LogP contribution in [-0.4, -0.2) is 29.1 Å². The smallest absolute Gasteiger partial charge is 0.258 e. The van der Waals surface area contributed by atoms with Crippen LogP contribution in [0.1, 0.15) is 10.4 Å². The fraction of sp³-hybridized carbons (Fsp3) is 0.143. The lowest BCUT2D eigenvalue weighted by Gasteiger charge is -2.29. The van der Waals surface area contributed by atoms with Gasteiger partial charge in [0.25, 0.3) is 5.91 Å². The number of nitrogens with zero attached hydrogens (tertiary/aromatic N) is 2. The number of phenolic OH excluding ortho intramolecular Hbond substituents is 1. The minimum absolute atomic E-state index is 0. The monoisotopic (exact) mass is 414 g/mol. The van der Waals surface area contributed by atoms with Crippen LogP contribution >= 0.6 is 32.9 Å². The number of halogens is 2. The zero-order chi connectivity index (χ0) is 14.1. The van der Waals surface area contributed by atoms with E-state index in [2.05, 4.69) is 20.9 Å². The lowest BCUT2D eigenvalue weighted by atomic mass is 10.1. The van der Waals surface area contributed by atoms with Crippen molar-refractivity contribution < 1.29 is 14.6 Å². The van der Waals surface area contributed by atoms with Gasteiger partial charge in [0.1, 0.15) is 12.4 Å². The molecule has 1 amide bonds. The first-order valence-electron chi connectivity index (χ1n) is 6.04. The highest BCUT2D eigenvalue weighted by Crippen LogP contribution is 2.32. The van der Waals surface area contributed by atoms with E-state index in [0.717, 1.165) is 0 Å². The molecule has 0 saturated carbocycles. The summed E-state index contributed by atoms with van der Waals surface area (Å²) in [4.78, 5) is 18.2. The van der Waals surface area contributed by atoms with E-state index in [9.17, 15) is 9.90 Å². The predicted octanol–water partition coefficient (Wildman–Crippen LogP) is 3.17. The molecule has 0 saturated heterocycles. The SMILES string of the molecule is Br.O=C(c1ccc(O)c(Br)c1)N1CCOc2cnccc21. The van der Waals surface area contributed by atoms with Gasteiger partial charge in [0.05, 0.1) is 22.9 Å². The topological polar surface area (TPSA) is 62.7 Å². The van der Waals surface area contributed by atoms with Crippen LogP contribution in [0.15, 0.2) is 41.1 Å². The fourth-order valence-electron chi connectivity index (χ4n) is 2.08. The normalized spacial score (nSPS) is 12.9. The molecule has 0 fully saturated rings. The largest absolute Gasteiger partial charge is 0.507 e. The molecule has 7 heteroatoms. The van der Waals surface area contributed by atoms with Gasteiger partial charge >= 0.3 is 0 Å². The van der Waals surface area contributed by atoms with E-state index in [0.29, 0.717) is 34.6 Å². The lowest BCUT2D eigenvalue weighted by molar-refractivity contribution is 0.0976. The Morgan fingerprint density at radius 1 is 1.38 bits per heavy atom. The second kappa shape index (κ2) is 6.44. The van der Waals surface area contributed by atoms with E-state index in [1.165, 1.54) is 6.07 Å². The molecule has 0 unspecified atom stereocenters. The number of ether oxygens (including phenoxy) is 1. The molecule has 0 atom stereocenters. The first-order chi connectivity index (χ1) is 9.66. The van der Waals surface area contributed by atoms with Crippen LogP contribution in [0, 0.1) is 0 Å². The van der Waals surface area contributed by atoms with Crippen molar-refractivity contribution in [3.8, 4) is 11.5 Å². The summed E-state index contributed by atoms with van der Waals surface area (Å²) in [5.41, 5.74) is 1.21. The molecule has 21 heavy (non-hydrogen) atoms. The van der Waals surface area contributed by atoms with E-state index in [-0.39, 0.29) is 28.6 Å². The number of aromatic nitrogens is 1. The average Bonchev–Trinajstić information content (AvgIpc) is 2.49. The Kier molecular flexibility index (Phi) is 4.84. The quantitative estimate of drug-likeness (QED) is 0.776. The van der Waals surface area contributed by atoms with Crippen molar-refractivity contribution in [3.05, 3.63) is 46.7 Å². The second-order valence-corrected chi connectivity index (χ2v) is 5.17. The van der Waals surface area contributed by atoms with Crippen LogP contribution in [0.4, 0.5) is 5.69 Å². The highest BCUT2D eigenvalue weighted by molar-refractivity contribution is 9.10. The number of hydrogen-bond acceptors (Lipinski definition) is 4. The van der Waals surface area contributed by atoms with E-state index in [4.69, 9.17) is 4.74 Å². The van der Waals surface area contributed by atoms with Crippen molar-refractivity contribution in [2.45, 2.75) is 0 Å². The molecule has 1 N–H and O–H groups in total. The first kappa shape index (κ1) is 15.8. The Morgan fingerprint density at radius 3 is 2.95 bits per heavy atom. The summed E-state index contributed by atoms with van der Waals surface area (Å²) >= 11 is 3.21. The molecule has 1 aromatic heterocycles. The van der Waals surface area contributed by atoms with Crippen molar-refractivity contribution >= 4 is 44.5 Å². The molecule has 2 heterocycles. The van der Waals surface area contributed by atoms with Gasteiger partial charge in [-0.2, -0.15) is 0 Å². The number of anilines is 1. The highest BCUT2D eigenvalue weighted by Gasteiger charge is 2.24. The van der Waals surface area contributed by atoms with Gasteiger partial charge in [-0.3, -0.25) is 9.78 Å².